The van der Waals surface area contributed by atoms with Crippen molar-refractivity contribution in [2.75, 3.05) is 13.1 Å². The predicted octanol–water partition coefficient (Wildman–Crippen LogP) is 2.70. The average Bonchev–Trinajstić information content (AvgIpc) is 2.84. The lowest BCUT2D eigenvalue weighted by molar-refractivity contribution is 0.121. The van der Waals surface area contributed by atoms with Crippen molar-refractivity contribution in [1.82, 2.24) is 14.9 Å². The second kappa shape index (κ2) is 7.33. The zero-order chi connectivity index (χ0) is 17.3. The van der Waals surface area contributed by atoms with Crippen molar-refractivity contribution in [3.05, 3.63) is 26.6 Å². The van der Waals surface area contributed by atoms with Gasteiger partial charge in [-0.1, -0.05) is 13.8 Å². The first kappa shape index (κ1) is 17.6. The summed E-state index contributed by atoms with van der Waals surface area (Å²) in [5.74, 6) is 1.39. The molecule has 2 aromatic heterocycles. The van der Waals surface area contributed by atoms with Gasteiger partial charge in [0.2, 0.25) is 0 Å². The number of H-pyrrole nitrogens is 1. The number of aliphatic hydroxyl groups is 1. The molecule has 5 nitrogen and oxygen atoms in total. The van der Waals surface area contributed by atoms with Crippen molar-refractivity contribution in [2.24, 2.45) is 5.92 Å². The van der Waals surface area contributed by atoms with E-state index in [1.807, 2.05) is 0 Å². The summed E-state index contributed by atoms with van der Waals surface area (Å²) in [6.45, 7) is 8.22. The highest BCUT2D eigenvalue weighted by atomic mass is 32.1. The number of aromatic amines is 1. The first-order chi connectivity index (χ1) is 11.5. The Morgan fingerprint density at radius 1 is 1.50 bits per heavy atom. The van der Waals surface area contributed by atoms with Gasteiger partial charge >= 0.3 is 0 Å². The Kier molecular flexibility index (Phi) is 5.37. The fourth-order valence-electron chi connectivity index (χ4n) is 3.60. The molecule has 0 radical (unpaired) electrons. The molecule has 1 aliphatic rings. The Bertz CT molecular complexity index is 765. The molecule has 0 saturated carbocycles. The molecule has 0 aliphatic heterocycles. The van der Waals surface area contributed by atoms with E-state index < -0.39 is 0 Å². The molecule has 0 fully saturated rings. The fourth-order valence-corrected chi connectivity index (χ4v) is 5.01. The van der Waals surface area contributed by atoms with Crippen LogP contribution in [0.2, 0.25) is 0 Å². The topological polar surface area (TPSA) is 69.2 Å². The van der Waals surface area contributed by atoms with Crippen LogP contribution in [0, 0.1) is 5.92 Å². The Morgan fingerprint density at radius 3 is 3.00 bits per heavy atom. The SMILES string of the molecule is CCCN(Cc1nc2sc3c(c2c(=O)[nH]1)CC[C@@H](C)C3)C[C@@H](C)O. The lowest BCUT2D eigenvalue weighted by Crippen LogP contribution is -2.32. The van der Waals surface area contributed by atoms with Crippen molar-refractivity contribution in [1.29, 1.82) is 0 Å². The van der Waals surface area contributed by atoms with Gasteiger partial charge in [0.25, 0.3) is 5.56 Å². The Labute approximate surface area is 146 Å². The Morgan fingerprint density at radius 2 is 2.29 bits per heavy atom. The number of thiophene rings is 1. The van der Waals surface area contributed by atoms with Crippen molar-refractivity contribution >= 4 is 21.6 Å². The molecule has 0 saturated heterocycles. The molecule has 2 atom stereocenters. The van der Waals surface area contributed by atoms with E-state index >= 15 is 0 Å². The lowest BCUT2D eigenvalue weighted by atomic mass is 9.89. The highest BCUT2D eigenvalue weighted by Crippen LogP contribution is 2.35. The van der Waals surface area contributed by atoms with Crippen LogP contribution in [0.1, 0.15) is 49.9 Å². The summed E-state index contributed by atoms with van der Waals surface area (Å²) in [5, 5.41) is 10.5. The van der Waals surface area contributed by atoms with Crippen LogP contribution in [-0.4, -0.2) is 39.2 Å². The summed E-state index contributed by atoms with van der Waals surface area (Å²) < 4.78 is 0. The molecule has 2 aromatic rings. The zero-order valence-electron chi connectivity index (χ0n) is 14.8. The summed E-state index contributed by atoms with van der Waals surface area (Å²) in [6.07, 6.45) is 3.82. The predicted molar refractivity (Wildman–Crippen MR) is 98.7 cm³/mol. The van der Waals surface area contributed by atoms with Gasteiger partial charge in [-0.2, -0.15) is 0 Å². The molecular weight excluding hydrogens is 322 g/mol. The van der Waals surface area contributed by atoms with E-state index in [2.05, 4.69) is 23.7 Å². The molecule has 0 unspecified atom stereocenters. The van der Waals surface area contributed by atoms with E-state index in [0.717, 1.165) is 42.4 Å². The van der Waals surface area contributed by atoms with Crippen molar-refractivity contribution < 1.29 is 5.11 Å². The number of nitrogens with zero attached hydrogens (tertiary/aromatic N) is 2. The molecular formula is C18H27N3O2S. The molecule has 2 heterocycles. The van der Waals surface area contributed by atoms with E-state index in [1.54, 1.807) is 18.3 Å². The number of hydrogen-bond donors (Lipinski definition) is 2. The Hall–Kier alpha value is -1.24. The maximum Gasteiger partial charge on any atom is 0.259 e. The molecule has 3 rings (SSSR count). The van der Waals surface area contributed by atoms with Gasteiger partial charge in [0.15, 0.2) is 0 Å². The number of fused-ring (bicyclic) bond motifs is 3. The summed E-state index contributed by atoms with van der Waals surface area (Å²) >= 11 is 1.69. The normalized spacial score (nSPS) is 19.0. The van der Waals surface area contributed by atoms with Crippen LogP contribution >= 0.6 is 11.3 Å². The third-order valence-corrected chi connectivity index (χ3v) is 5.80. The fraction of sp³-hybridized carbons (Fsp3) is 0.667. The standard InChI is InChI=1S/C18H27N3O2S/c1-4-7-21(9-12(3)22)10-15-19-17(23)16-13-6-5-11(2)8-14(13)24-18(16)20-15/h11-12,22H,4-10H2,1-3H3,(H,19,20,23)/t11-,12-/m1/s1. The van der Waals surface area contributed by atoms with Crippen LogP contribution in [0.5, 0.6) is 0 Å². The van der Waals surface area contributed by atoms with Gasteiger partial charge in [-0.15, -0.1) is 11.3 Å². The van der Waals surface area contributed by atoms with Gasteiger partial charge in [-0.05, 0) is 50.6 Å². The number of aliphatic hydroxyl groups excluding tert-OH is 1. The van der Waals surface area contributed by atoms with E-state index in [9.17, 15) is 9.90 Å². The summed E-state index contributed by atoms with van der Waals surface area (Å²) in [4.78, 5) is 24.7. The van der Waals surface area contributed by atoms with E-state index in [4.69, 9.17) is 4.98 Å². The maximum atomic E-state index is 12.6. The van der Waals surface area contributed by atoms with Gasteiger partial charge in [0.05, 0.1) is 18.0 Å². The van der Waals surface area contributed by atoms with Gasteiger partial charge < -0.3 is 10.1 Å². The molecule has 1 aliphatic carbocycles. The van der Waals surface area contributed by atoms with E-state index in [-0.39, 0.29) is 11.7 Å². The number of aromatic nitrogens is 2. The first-order valence-corrected chi connectivity index (χ1v) is 9.73. The zero-order valence-corrected chi connectivity index (χ0v) is 15.6. The second-order valence-electron chi connectivity index (χ2n) is 7.13. The van der Waals surface area contributed by atoms with Crippen molar-refractivity contribution in [2.45, 2.75) is 59.1 Å². The van der Waals surface area contributed by atoms with Crippen LogP contribution in [0.15, 0.2) is 4.79 Å². The second-order valence-corrected chi connectivity index (χ2v) is 8.21. The van der Waals surface area contributed by atoms with Crippen LogP contribution in [0.25, 0.3) is 10.2 Å². The molecule has 0 bridgehead atoms. The van der Waals surface area contributed by atoms with Crippen LogP contribution in [0.3, 0.4) is 0 Å². The van der Waals surface area contributed by atoms with Crippen molar-refractivity contribution in [3.8, 4) is 0 Å². The number of nitrogens with one attached hydrogen (secondary N) is 1. The minimum Gasteiger partial charge on any atom is -0.392 e. The highest BCUT2D eigenvalue weighted by Gasteiger charge is 2.23. The van der Waals surface area contributed by atoms with Crippen LogP contribution in [0.4, 0.5) is 0 Å². The summed E-state index contributed by atoms with van der Waals surface area (Å²) in [5.41, 5.74) is 1.22. The maximum absolute atomic E-state index is 12.6. The highest BCUT2D eigenvalue weighted by molar-refractivity contribution is 7.18. The van der Waals surface area contributed by atoms with Gasteiger partial charge in [0.1, 0.15) is 10.7 Å². The van der Waals surface area contributed by atoms with E-state index in [0.29, 0.717) is 24.8 Å². The van der Waals surface area contributed by atoms with Crippen molar-refractivity contribution in [3.63, 3.8) is 0 Å². The number of rotatable bonds is 6. The summed E-state index contributed by atoms with van der Waals surface area (Å²) in [6, 6.07) is 0. The lowest BCUT2D eigenvalue weighted by Gasteiger charge is -2.22. The molecule has 0 aromatic carbocycles. The molecule has 2 N–H and O–H groups in total. The smallest absolute Gasteiger partial charge is 0.259 e. The summed E-state index contributed by atoms with van der Waals surface area (Å²) in [7, 11) is 0. The van der Waals surface area contributed by atoms with E-state index in [1.165, 1.54) is 10.4 Å². The number of hydrogen-bond acceptors (Lipinski definition) is 5. The first-order valence-electron chi connectivity index (χ1n) is 8.91. The Balaban J connectivity index is 1.91. The third-order valence-electron chi connectivity index (χ3n) is 4.65. The molecule has 0 amide bonds. The van der Waals surface area contributed by atoms with Crippen LogP contribution < -0.4 is 5.56 Å². The van der Waals surface area contributed by atoms with Gasteiger partial charge in [-0.3, -0.25) is 9.69 Å². The third kappa shape index (κ3) is 3.71. The molecule has 24 heavy (non-hydrogen) atoms. The van der Waals surface area contributed by atoms with Gasteiger partial charge in [0, 0.05) is 11.4 Å². The largest absolute Gasteiger partial charge is 0.392 e. The van der Waals surface area contributed by atoms with Gasteiger partial charge in [-0.25, -0.2) is 4.98 Å². The van der Waals surface area contributed by atoms with Crippen LogP contribution in [-0.2, 0) is 19.4 Å². The molecule has 132 valence electrons. The monoisotopic (exact) mass is 349 g/mol. The minimum atomic E-state index is -0.387. The average molecular weight is 350 g/mol. The minimum absolute atomic E-state index is 0.00412. The number of aryl methyl sites for hydroxylation is 1. The quantitative estimate of drug-likeness (QED) is 0.841. The molecule has 0 spiro atoms. The molecule has 6 heteroatoms.